The van der Waals surface area contributed by atoms with Crippen molar-refractivity contribution in [2.75, 3.05) is 11.9 Å². The Morgan fingerprint density at radius 3 is 2.64 bits per heavy atom. The third-order valence-electron chi connectivity index (χ3n) is 3.17. The van der Waals surface area contributed by atoms with Gasteiger partial charge in [-0.2, -0.15) is 13.2 Å². The standard InChI is InChI=1S/C18H17F3N2O2/c1-2-9-25-16-8-4-7-15(11-16)23-17(24)22-12-13-5-3-6-14(10-13)18(19,20)21/h2-8,10-11H,1,9,12H2,(H2,22,23,24). The normalized spacial score (nSPS) is 10.8. The van der Waals surface area contributed by atoms with E-state index in [1.165, 1.54) is 12.1 Å². The van der Waals surface area contributed by atoms with Gasteiger partial charge in [0.25, 0.3) is 0 Å². The molecule has 0 aliphatic carbocycles. The number of nitrogens with one attached hydrogen (secondary N) is 2. The molecule has 2 N–H and O–H groups in total. The van der Waals surface area contributed by atoms with Gasteiger partial charge in [0.15, 0.2) is 0 Å². The quantitative estimate of drug-likeness (QED) is 0.749. The van der Waals surface area contributed by atoms with Crippen LogP contribution in [0.3, 0.4) is 0 Å². The van der Waals surface area contributed by atoms with Crippen LogP contribution in [0.1, 0.15) is 11.1 Å². The van der Waals surface area contributed by atoms with E-state index in [0.29, 0.717) is 23.6 Å². The average molecular weight is 350 g/mol. The lowest BCUT2D eigenvalue weighted by Crippen LogP contribution is -2.28. The fourth-order valence-electron chi connectivity index (χ4n) is 2.03. The second-order valence-corrected chi connectivity index (χ2v) is 5.13. The molecular weight excluding hydrogens is 333 g/mol. The summed E-state index contributed by atoms with van der Waals surface area (Å²) in [5.41, 5.74) is 0.107. The highest BCUT2D eigenvalue weighted by molar-refractivity contribution is 5.89. The van der Waals surface area contributed by atoms with Crippen LogP contribution in [0.15, 0.2) is 61.2 Å². The molecule has 0 bridgehead atoms. The molecule has 0 saturated heterocycles. The minimum Gasteiger partial charge on any atom is -0.489 e. The number of rotatable bonds is 6. The van der Waals surface area contributed by atoms with Crippen LogP contribution < -0.4 is 15.4 Å². The van der Waals surface area contributed by atoms with Crippen LogP contribution in [-0.4, -0.2) is 12.6 Å². The number of urea groups is 1. The highest BCUT2D eigenvalue weighted by atomic mass is 19.4. The van der Waals surface area contributed by atoms with Gasteiger partial charge in [-0.1, -0.05) is 30.9 Å². The molecule has 2 amide bonds. The summed E-state index contributed by atoms with van der Waals surface area (Å²) in [6.07, 6.45) is -2.81. The van der Waals surface area contributed by atoms with Crippen molar-refractivity contribution in [2.24, 2.45) is 0 Å². The first-order valence-corrected chi connectivity index (χ1v) is 7.43. The summed E-state index contributed by atoms with van der Waals surface area (Å²) >= 11 is 0. The predicted molar refractivity (Wildman–Crippen MR) is 89.4 cm³/mol. The summed E-state index contributed by atoms with van der Waals surface area (Å²) in [4.78, 5) is 11.9. The molecule has 0 atom stereocenters. The van der Waals surface area contributed by atoms with Crippen LogP contribution >= 0.6 is 0 Å². The summed E-state index contributed by atoms with van der Waals surface area (Å²) in [6, 6.07) is 11.0. The molecule has 0 fully saturated rings. The van der Waals surface area contributed by atoms with Crippen LogP contribution in [0.25, 0.3) is 0 Å². The number of carbonyl (C=O) groups excluding carboxylic acids is 1. The van der Waals surface area contributed by atoms with E-state index >= 15 is 0 Å². The zero-order valence-electron chi connectivity index (χ0n) is 13.3. The van der Waals surface area contributed by atoms with E-state index in [0.717, 1.165) is 12.1 Å². The van der Waals surface area contributed by atoms with Crippen LogP contribution in [0.4, 0.5) is 23.7 Å². The second kappa shape index (κ2) is 8.23. The topological polar surface area (TPSA) is 50.4 Å². The number of ether oxygens (including phenoxy) is 1. The zero-order chi connectivity index (χ0) is 18.3. The fourth-order valence-corrected chi connectivity index (χ4v) is 2.03. The van der Waals surface area contributed by atoms with Crippen molar-refractivity contribution in [3.05, 3.63) is 72.3 Å². The molecule has 7 heteroatoms. The lowest BCUT2D eigenvalue weighted by Gasteiger charge is -2.11. The average Bonchev–Trinajstić information content (AvgIpc) is 2.58. The van der Waals surface area contributed by atoms with Crippen LogP contribution in [-0.2, 0) is 12.7 Å². The smallest absolute Gasteiger partial charge is 0.416 e. The number of alkyl halides is 3. The number of carbonyl (C=O) groups is 1. The molecule has 25 heavy (non-hydrogen) atoms. The van der Waals surface area contributed by atoms with Gasteiger partial charge >= 0.3 is 12.2 Å². The minimum atomic E-state index is -4.41. The van der Waals surface area contributed by atoms with E-state index in [1.807, 2.05) is 0 Å². The van der Waals surface area contributed by atoms with Crippen LogP contribution in [0.2, 0.25) is 0 Å². The van der Waals surface area contributed by atoms with E-state index in [2.05, 4.69) is 17.2 Å². The number of amides is 2. The summed E-state index contributed by atoms with van der Waals surface area (Å²) < 4.78 is 43.3. The highest BCUT2D eigenvalue weighted by Gasteiger charge is 2.30. The van der Waals surface area contributed by atoms with Gasteiger partial charge in [-0.25, -0.2) is 4.79 Å². The van der Waals surface area contributed by atoms with Crippen molar-refractivity contribution in [3.8, 4) is 5.75 Å². The van der Waals surface area contributed by atoms with Gasteiger partial charge in [-0.05, 0) is 29.8 Å². The van der Waals surface area contributed by atoms with Crippen molar-refractivity contribution in [1.29, 1.82) is 0 Å². The Hall–Kier alpha value is -2.96. The Labute approximate surface area is 143 Å². The molecule has 2 aromatic rings. The molecule has 0 radical (unpaired) electrons. The maximum atomic E-state index is 12.7. The second-order valence-electron chi connectivity index (χ2n) is 5.13. The third-order valence-corrected chi connectivity index (χ3v) is 3.17. The van der Waals surface area contributed by atoms with Crippen molar-refractivity contribution < 1.29 is 22.7 Å². The molecular formula is C18H17F3N2O2. The molecule has 0 saturated carbocycles. The summed E-state index contributed by atoms with van der Waals surface area (Å²) in [6.45, 7) is 3.86. The van der Waals surface area contributed by atoms with Crippen molar-refractivity contribution in [1.82, 2.24) is 5.32 Å². The molecule has 2 aromatic carbocycles. The first-order chi connectivity index (χ1) is 11.9. The molecule has 0 aliphatic heterocycles. The number of halogens is 3. The van der Waals surface area contributed by atoms with Gasteiger partial charge in [0, 0.05) is 18.3 Å². The van der Waals surface area contributed by atoms with Crippen LogP contribution in [0.5, 0.6) is 5.75 Å². The lowest BCUT2D eigenvalue weighted by molar-refractivity contribution is -0.137. The first kappa shape index (κ1) is 18.4. The van der Waals surface area contributed by atoms with E-state index in [9.17, 15) is 18.0 Å². The molecule has 132 valence electrons. The number of hydrogen-bond acceptors (Lipinski definition) is 2. The fraction of sp³-hybridized carbons (Fsp3) is 0.167. The molecule has 0 heterocycles. The summed E-state index contributed by atoms with van der Waals surface area (Å²) in [5, 5.41) is 5.11. The third kappa shape index (κ3) is 5.87. The molecule has 0 aromatic heterocycles. The Morgan fingerprint density at radius 2 is 1.92 bits per heavy atom. The molecule has 4 nitrogen and oxygen atoms in total. The van der Waals surface area contributed by atoms with Crippen LogP contribution in [0, 0.1) is 0 Å². The SMILES string of the molecule is C=CCOc1cccc(NC(=O)NCc2cccc(C(F)(F)F)c2)c1. The molecule has 0 spiro atoms. The van der Waals surface area contributed by atoms with E-state index in [1.54, 1.807) is 30.3 Å². The van der Waals surface area contributed by atoms with Crippen molar-refractivity contribution in [2.45, 2.75) is 12.7 Å². The lowest BCUT2D eigenvalue weighted by atomic mass is 10.1. The van der Waals surface area contributed by atoms with E-state index in [4.69, 9.17) is 4.74 Å². The summed E-state index contributed by atoms with van der Waals surface area (Å²) in [5.74, 6) is 0.565. The Balaban J connectivity index is 1.92. The van der Waals surface area contributed by atoms with E-state index in [-0.39, 0.29) is 6.54 Å². The Bertz CT molecular complexity index is 745. The predicted octanol–water partition coefficient (Wildman–Crippen LogP) is 4.59. The highest BCUT2D eigenvalue weighted by Crippen LogP contribution is 2.29. The van der Waals surface area contributed by atoms with Crippen molar-refractivity contribution in [3.63, 3.8) is 0 Å². The van der Waals surface area contributed by atoms with Gasteiger partial charge in [0.05, 0.1) is 5.56 Å². The van der Waals surface area contributed by atoms with Gasteiger partial charge in [-0.3, -0.25) is 0 Å². The Kier molecular flexibility index (Phi) is 6.05. The maximum Gasteiger partial charge on any atom is 0.416 e. The first-order valence-electron chi connectivity index (χ1n) is 7.43. The van der Waals surface area contributed by atoms with Gasteiger partial charge in [-0.15, -0.1) is 0 Å². The monoisotopic (exact) mass is 350 g/mol. The molecule has 0 unspecified atom stereocenters. The number of benzene rings is 2. The number of anilines is 1. The zero-order valence-corrected chi connectivity index (χ0v) is 13.3. The Morgan fingerprint density at radius 1 is 1.16 bits per heavy atom. The van der Waals surface area contributed by atoms with Gasteiger partial charge in [0.2, 0.25) is 0 Å². The molecule has 2 rings (SSSR count). The maximum absolute atomic E-state index is 12.7. The minimum absolute atomic E-state index is 0.0254. The van der Waals surface area contributed by atoms with Gasteiger partial charge in [0.1, 0.15) is 12.4 Å². The van der Waals surface area contributed by atoms with Gasteiger partial charge < -0.3 is 15.4 Å². The summed E-state index contributed by atoms with van der Waals surface area (Å²) in [7, 11) is 0. The van der Waals surface area contributed by atoms with E-state index < -0.39 is 17.8 Å². The largest absolute Gasteiger partial charge is 0.489 e. The number of hydrogen-bond donors (Lipinski definition) is 2. The molecule has 0 aliphatic rings. The van der Waals surface area contributed by atoms with Crippen molar-refractivity contribution >= 4 is 11.7 Å².